The SMILES string of the molecule is CNC(C)Cc1noc(/C=C/c2ccc(F)c(Cl)c2)n1. The molecule has 0 fully saturated rings. The van der Waals surface area contributed by atoms with E-state index < -0.39 is 5.82 Å². The van der Waals surface area contributed by atoms with Gasteiger partial charge in [-0.3, -0.25) is 0 Å². The summed E-state index contributed by atoms with van der Waals surface area (Å²) in [5.41, 5.74) is 0.764. The first-order valence-electron chi connectivity index (χ1n) is 6.21. The van der Waals surface area contributed by atoms with Crippen LogP contribution in [0.3, 0.4) is 0 Å². The number of benzene rings is 1. The van der Waals surface area contributed by atoms with Crippen molar-refractivity contribution in [3.8, 4) is 0 Å². The molecule has 2 rings (SSSR count). The summed E-state index contributed by atoms with van der Waals surface area (Å²) in [6.07, 6.45) is 4.10. The van der Waals surface area contributed by atoms with Gasteiger partial charge in [-0.1, -0.05) is 22.8 Å². The lowest BCUT2D eigenvalue weighted by molar-refractivity contribution is 0.400. The average Bonchev–Trinajstić information content (AvgIpc) is 2.87. The van der Waals surface area contributed by atoms with Gasteiger partial charge in [0.15, 0.2) is 5.82 Å². The Morgan fingerprint density at radius 3 is 2.95 bits per heavy atom. The molecule has 20 heavy (non-hydrogen) atoms. The average molecular weight is 296 g/mol. The molecule has 0 aliphatic rings. The Kier molecular flexibility index (Phi) is 4.87. The molecular weight excluding hydrogens is 281 g/mol. The van der Waals surface area contributed by atoms with E-state index in [2.05, 4.69) is 15.5 Å². The quantitative estimate of drug-likeness (QED) is 0.920. The zero-order chi connectivity index (χ0) is 14.5. The van der Waals surface area contributed by atoms with Gasteiger partial charge < -0.3 is 9.84 Å². The minimum absolute atomic E-state index is 0.0845. The fourth-order valence-corrected chi connectivity index (χ4v) is 1.77. The highest BCUT2D eigenvalue weighted by Crippen LogP contribution is 2.17. The van der Waals surface area contributed by atoms with Crippen molar-refractivity contribution in [1.29, 1.82) is 0 Å². The smallest absolute Gasteiger partial charge is 0.250 e. The van der Waals surface area contributed by atoms with E-state index in [1.165, 1.54) is 12.1 Å². The van der Waals surface area contributed by atoms with Crippen LogP contribution in [0.4, 0.5) is 4.39 Å². The van der Waals surface area contributed by atoms with Crippen molar-refractivity contribution in [2.75, 3.05) is 7.05 Å². The molecule has 6 heteroatoms. The molecule has 0 aliphatic heterocycles. The molecule has 1 N–H and O–H groups in total. The first-order valence-corrected chi connectivity index (χ1v) is 6.59. The molecular formula is C14H15ClFN3O. The van der Waals surface area contributed by atoms with Crippen molar-refractivity contribution in [3.05, 3.63) is 46.3 Å². The van der Waals surface area contributed by atoms with E-state index >= 15 is 0 Å². The van der Waals surface area contributed by atoms with E-state index in [0.717, 1.165) is 5.56 Å². The monoisotopic (exact) mass is 295 g/mol. The second-order valence-electron chi connectivity index (χ2n) is 4.45. The number of likely N-dealkylation sites (N-methyl/N-ethyl adjacent to an activating group) is 1. The first kappa shape index (κ1) is 14.7. The van der Waals surface area contributed by atoms with Gasteiger partial charge >= 0.3 is 0 Å². The maximum absolute atomic E-state index is 13.0. The largest absolute Gasteiger partial charge is 0.335 e. The Bertz CT molecular complexity index is 612. The fourth-order valence-electron chi connectivity index (χ4n) is 1.58. The molecule has 0 radical (unpaired) electrons. The molecule has 0 aliphatic carbocycles. The lowest BCUT2D eigenvalue weighted by atomic mass is 10.2. The highest BCUT2D eigenvalue weighted by atomic mass is 35.5. The summed E-state index contributed by atoms with van der Waals surface area (Å²) in [7, 11) is 1.88. The lowest BCUT2D eigenvalue weighted by Gasteiger charge is -2.04. The lowest BCUT2D eigenvalue weighted by Crippen LogP contribution is -2.24. The van der Waals surface area contributed by atoms with Gasteiger partial charge in [0.05, 0.1) is 5.02 Å². The number of rotatable bonds is 5. The molecule has 0 saturated carbocycles. The highest BCUT2D eigenvalue weighted by molar-refractivity contribution is 6.30. The van der Waals surface area contributed by atoms with Crippen LogP contribution < -0.4 is 5.32 Å². The van der Waals surface area contributed by atoms with Crippen LogP contribution in [-0.2, 0) is 6.42 Å². The molecule has 0 spiro atoms. The van der Waals surface area contributed by atoms with Crippen molar-refractivity contribution >= 4 is 23.8 Å². The first-order chi connectivity index (χ1) is 9.58. The third-order valence-corrected chi connectivity index (χ3v) is 3.12. The molecule has 0 bridgehead atoms. The molecule has 1 atom stereocenters. The summed E-state index contributed by atoms with van der Waals surface area (Å²) in [5, 5.41) is 7.07. The maximum Gasteiger partial charge on any atom is 0.250 e. The summed E-state index contributed by atoms with van der Waals surface area (Å²) in [6.45, 7) is 2.03. The van der Waals surface area contributed by atoms with Gasteiger partial charge in [-0.25, -0.2) is 4.39 Å². The Morgan fingerprint density at radius 1 is 1.45 bits per heavy atom. The van der Waals surface area contributed by atoms with Gasteiger partial charge in [0.1, 0.15) is 5.82 Å². The van der Waals surface area contributed by atoms with E-state index in [4.69, 9.17) is 16.1 Å². The van der Waals surface area contributed by atoms with Crippen molar-refractivity contribution in [1.82, 2.24) is 15.5 Å². The van der Waals surface area contributed by atoms with Crippen LogP contribution in [0.25, 0.3) is 12.2 Å². The van der Waals surface area contributed by atoms with E-state index in [1.54, 1.807) is 18.2 Å². The highest BCUT2D eigenvalue weighted by Gasteiger charge is 2.07. The van der Waals surface area contributed by atoms with Gasteiger partial charge in [-0.2, -0.15) is 4.98 Å². The predicted octanol–water partition coefficient (Wildman–Crippen LogP) is 3.18. The summed E-state index contributed by atoms with van der Waals surface area (Å²) in [5.74, 6) is 0.609. The third-order valence-electron chi connectivity index (χ3n) is 2.83. The number of nitrogens with zero attached hydrogens (tertiary/aromatic N) is 2. The molecule has 106 valence electrons. The topological polar surface area (TPSA) is 51.0 Å². The van der Waals surface area contributed by atoms with Crippen LogP contribution >= 0.6 is 11.6 Å². The Balaban J connectivity index is 2.05. The van der Waals surface area contributed by atoms with E-state index in [-0.39, 0.29) is 11.1 Å². The van der Waals surface area contributed by atoms with Crippen LogP contribution in [0, 0.1) is 5.82 Å². The number of hydrogen-bond donors (Lipinski definition) is 1. The summed E-state index contributed by atoms with van der Waals surface area (Å²) < 4.78 is 18.1. The minimum atomic E-state index is -0.440. The van der Waals surface area contributed by atoms with E-state index in [1.807, 2.05) is 14.0 Å². The van der Waals surface area contributed by atoms with Gasteiger partial charge in [0, 0.05) is 18.5 Å². The molecule has 1 aromatic carbocycles. The number of hydrogen-bond acceptors (Lipinski definition) is 4. The van der Waals surface area contributed by atoms with Crippen LogP contribution in [0.2, 0.25) is 5.02 Å². The molecule has 1 aromatic heterocycles. The van der Waals surface area contributed by atoms with Crippen molar-refractivity contribution < 1.29 is 8.91 Å². The summed E-state index contributed by atoms with van der Waals surface area (Å²) in [6, 6.07) is 4.75. The fraction of sp³-hybridized carbons (Fsp3) is 0.286. The number of nitrogens with one attached hydrogen (secondary N) is 1. The van der Waals surface area contributed by atoms with Crippen molar-refractivity contribution in [2.45, 2.75) is 19.4 Å². The van der Waals surface area contributed by atoms with Gasteiger partial charge in [0.25, 0.3) is 5.89 Å². The molecule has 1 unspecified atom stereocenters. The maximum atomic E-state index is 13.0. The second-order valence-corrected chi connectivity index (χ2v) is 4.86. The van der Waals surface area contributed by atoms with Crippen molar-refractivity contribution in [2.24, 2.45) is 0 Å². The van der Waals surface area contributed by atoms with E-state index in [9.17, 15) is 4.39 Å². The zero-order valence-electron chi connectivity index (χ0n) is 11.2. The number of aromatic nitrogens is 2. The van der Waals surface area contributed by atoms with Crippen LogP contribution in [-0.4, -0.2) is 23.2 Å². The third kappa shape index (κ3) is 3.88. The standard InChI is InChI=1S/C14H15ClFN3O/c1-9(17-2)7-13-18-14(20-19-13)6-4-10-3-5-12(16)11(15)8-10/h3-6,8-9,17H,7H2,1-2H3/b6-4+. The Hall–Kier alpha value is -1.72. The van der Waals surface area contributed by atoms with Crippen LogP contribution in [0.1, 0.15) is 24.2 Å². The Morgan fingerprint density at radius 2 is 2.25 bits per heavy atom. The molecule has 1 heterocycles. The minimum Gasteiger partial charge on any atom is -0.335 e. The summed E-state index contributed by atoms with van der Waals surface area (Å²) >= 11 is 5.71. The normalized spacial score (nSPS) is 13.0. The van der Waals surface area contributed by atoms with Gasteiger partial charge in [0.2, 0.25) is 0 Å². The molecule has 0 amide bonds. The molecule has 2 aromatic rings. The van der Waals surface area contributed by atoms with E-state index in [0.29, 0.717) is 18.1 Å². The van der Waals surface area contributed by atoms with Crippen LogP contribution in [0.15, 0.2) is 22.7 Å². The molecule has 4 nitrogen and oxygen atoms in total. The summed E-state index contributed by atoms with van der Waals surface area (Å²) in [4.78, 5) is 4.24. The van der Waals surface area contributed by atoms with Crippen LogP contribution in [0.5, 0.6) is 0 Å². The van der Waals surface area contributed by atoms with Crippen molar-refractivity contribution in [3.63, 3.8) is 0 Å². The molecule has 0 saturated heterocycles. The van der Waals surface area contributed by atoms with Gasteiger partial charge in [-0.15, -0.1) is 0 Å². The number of halogens is 2. The zero-order valence-corrected chi connectivity index (χ0v) is 12.0. The van der Waals surface area contributed by atoms with Gasteiger partial charge in [-0.05, 0) is 37.7 Å². The predicted molar refractivity (Wildman–Crippen MR) is 76.9 cm³/mol. The second kappa shape index (κ2) is 6.63. The Labute approximate surface area is 121 Å².